The number of hydrogen-bond acceptors (Lipinski definition) is 6. The van der Waals surface area contributed by atoms with E-state index >= 15 is 0 Å². The highest BCUT2D eigenvalue weighted by Crippen LogP contribution is 2.37. The van der Waals surface area contributed by atoms with Crippen molar-refractivity contribution in [1.29, 1.82) is 5.26 Å². The highest BCUT2D eigenvalue weighted by Gasteiger charge is 2.17. The van der Waals surface area contributed by atoms with Crippen molar-refractivity contribution in [3.05, 3.63) is 71.7 Å². The van der Waals surface area contributed by atoms with Crippen molar-refractivity contribution in [1.82, 2.24) is 14.9 Å². The largest absolute Gasteiger partial charge is 0.492 e. The van der Waals surface area contributed by atoms with Crippen LogP contribution in [0.1, 0.15) is 16.8 Å². The Morgan fingerprint density at radius 1 is 1.11 bits per heavy atom. The van der Waals surface area contributed by atoms with Crippen molar-refractivity contribution in [3.63, 3.8) is 0 Å². The monoisotopic (exact) mass is 467 g/mol. The third-order valence-corrected chi connectivity index (χ3v) is 6.58. The highest BCUT2D eigenvalue weighted by atomic mass is 16.5. The zero-order valence-corrected chi connectivity index (χ0v) is 20.1. The number of nitrogens with zero attached hydrogens (tertiary/aromatic N) is 3. The summed E-state index contributed by atoms with van der Waals surface area (Å²) in [5.41, 5.74) is 7.19. The SMILES string of the molecule is Cc1ncc(C#N)c(Nc2ccc3[nH]ccc3c2C)c1-c1ccc(OCCN2CCOCC2)cc1. The summed E-state index contributed by atoms with van der Waals surface area (Å²) in [5, 5.41) is 14.5. The van der Waals surface area contributed by atoms with E-state index in [1.807, 2.05) is 49.5 Å². The first-order valence-electron chi connectivity index (χ1n) is 11.9. The van der Waals surface area contributed by atoms with Gasteiger partial charge in [0.1, 0.15) is 18.4 Å². The van der Waals surface area contributed by atoms with E-state index in [4.69, 9.17) is 9.47 Å². The van der Waals surface area contributed by atoms with Gasteiger partial charge in [-0.15, -0.1) is 0 Å². The highest BCUT2D eigenvalue weighted by molar-refractivity contribution is 5.92. The summed E-state index contributed by atoms with van der Waals surface area (Å²) in [6, 6.07) is 16.5. The molecule has 178 valence electrons. The molecule has 2 aromatic heterocycles. The first kappa shape index (κ1) is 22.9. The van der Waals surface area contributed by atoms with Gasteiger partial charge in [0.2, 0.25) is 0 Å². The van der Waals surface area contributed by atoms with Crippen LogP contribution in [0.5, 0.6) is 5.75 Å². The van der Waals surface area contributed by atoms with Gasteiger partial charge >= 0.3 is 0 Å². The Labute approximate surface area is 205 Å². The minimum Gasteiger partial charge on any atom is -0.492 e. The van der Waals surface area contributed by atoms with Crippen molar-refractivity contribution in [2.75, 3.05) is 44.8 Å². The molecule has 35 heavy (non-hydrogen) atoms. The fraction of sp³-hybridized carbons (Fsp3) is 0.286. The molecular formula is C28H29N5O2. The van der Waals surface area contributed by atoms with Crippen molar-refractivity contribution < 1.29 is 9.47 Å². The van der Waals surface area contributed by atoms with E-state index in [-0.39, 0.29) is 0 Å². The average molecular weight is 468 g/mol. The first-order chi connectivity index (χ1) is 17.1. The lowest BCUT2D eigenvalue weighted by Gasteiger charge is -2.26. The van der Waals surface area contributed by atoms with Gasteiger partial charge in [-0.2, -0.15) is 5.26 Å². The lowest BCUT2D eigenvalue weighted by molar-refractivity contribution is 0.0322. The fourth-order valence-electron chi connectivity index (χ4n) is 4.56. The Morgan fingerprint density at radius 3 is 2.69 bits per heavy atom. The van der Waals surface area contributed by atoms with Crippen LogP contribution in [-0.4, -0.2) is 54.3 Å². The van der Waals surface area contributed by atoms with Crippen LogP contribution in [0, 0.1) is 25.2 Å². The first-order valence-corrected chi connectivity index (χ1v) is 11.9. The number of anilines is 2. The van der Waals surface area contributed by atoms with Crippen LogP contribution in [-0.2, 0) is 4.74 Å². The van der Waals surface area contributed by atoms with Gasteiger partial charge in [-0.05, 0) is 55.3 Å². The molecule has 0 bridgehead atoms. The average Bonchev–Trinajstić information content (AvgIpc) is 3.37. The molecule has 0 unspecified atom stereocenters. The molecule has 0 spiro atoms. The van der Waals surface area contributed by atoms with E-state index in [1.165, 1.54) is 0 Å². The molecule has 4 aromatic rings. The maximum absolute atomic E-state index is 9.85. The molecule has 0 amide bonds. The quantitative estimate of drug-likeness (QED) is 0.390. The topological polar surface area (TPSA) is 86.2 Å². The molecule has 1 saturated heterocycles. The number of pyridine rings is 1. The van der Waals surface area contributed by atoms with Crippen LogP contribution in [0.4, 0.5) is 11.4 Å². The number of rotatable bonds is 7. The molecule has 1 aliphatic rings. The molecule has 1 fully saturated rings. The second kappa shape index (κ2) is 10.2. The molecule has 7 nitrogen and oxygen atoms in total. The van der Waals surface area contributed by atoms with E-state index in [0.29, 0.717) is 12.2 Å². The second-order valence-corrected chi connectivity index (χ2v) is 8.75. The van der Waals surface area contributed by atoms with Gasteiger partial charge in [0.15, 0.2) is 0 Å². The van der Waals surface area contributed by atoms with Crippen LogP contribution >= 0.6 is 0 Å². The second-order valence-electron chi connectivity index (χ2n) is 8.75. The smallest absolute Gasteiger partial charge is 0.119 e. The van der Waals surface area contributed by atoms with Gasteiger partial charge in [0.25, 0.3) is 0 Å². The van der Waals surface area contributed by atoms with Gasteiger partial charge in [0.05, 0.1) is 24.5 Å². The number of morpholine rings is 1. The summed E-state index contributed by atoms with van der Waals surface area (Å²) in [5.74, 6) is 0.826. The molecule has 5 rings (SSSR count). The molecule has 7 heteroatoms. The minimum absolute atomic E-state index is 0.505. The third kappa shape index (κ3) is 4.85. The van der Waals surface area contributed by atoms with E-state index < -0.39 is 0 Å². The number of benzene rings is 2. The molecule has 0 aliphatic carbocycles. The predicted molar refractivity (Wildman–Crippen MR) is 138 cm³/mol. The predicted octanol–water partition coefficient (Wildman–Crippen LogP) is 5.17. The van der Waals surface area contributed by atoms with Crippen LogP contribution in [0.25, 0.3) is 22.0 Å². The zero-order valence-electron chi connectivity index (χ0n) is 20.1. The number of aryl methyl sites for hydroxylation is 2. The van der Waals surface area contributed by atoms with Gasteiger partial charge in [-0.3, -0.25) is 9.88 Å². The van der Waals surface area contributed by atoms with Crippen molar-refractivity contribution in [2.45, 2.75) is 13.8 Å². The van der Waals surface area contributed by atoms with Crippen LogP contribution in [0.2, 0.25) is 0 Å². The summed E-state index contributed by atoms with van der Waals surface area (Å²) in [4.78, 5) is 10.1. The standard InChI is InChI=1S/C28H29N5O2/c1-19-24-9-10-30-26(24)8-7-25(19)32-28-22(17-29)18-31-20(2)27(28)21-3-5-23(6-4-21)35-16-13-33-11-14-34-15-12-33/h3-10,18,30H,11-16H2,1-2H3,(H,31,32). The molecule has 2 N–H and O–H groups in total. The Hall–Kier alpha value is -3.86. The summed E-state index contributed by atoms with van der Waals surface area (Å²) in [6.45, 7) is 9.07. The summed E-state index contributed by atoms with van der Waals surface area (Å²) < 4.78 is 11.4. The van der Waals surface area contributed by atoms with Gasteiger partial charge < -0.3 is 19.8 Å². The van der Waals surface area contributed by atoms with Gasteiger partial charge in [-0.1, -0.05) is 12.1 Å². The number of aromatic nitrogens is 2. The number of fused-ring (bicyclic) bond motifs is 1. The number of nitrogens with one attached hydrogen (secondary N) is 2. The number of aromatic amines is 1. The van der Waals surface area contributed by atoms with Crippen molar-refractivity contribution in [2.24, 2.45) is 0 Å². The number of nitriles is 1. The molecule has 0 saturated carbocycles. The van der Waals surface area contributed by atoms with Crippen molar-refractivity contribution >= 4 is 22.3 Å². The number of hydrogen-bond donors (Lipinski definition) is 2. The number of H-pyrrole nitrogens is 1. The zero-order chi connectivity index (χ0) is 24.2. The molecule has 3 heterocycles. The normalized spacial score (nSPS) is 14.1. The summed E-state index contributed by atoms with van der Waals surface area (Å²) >= 11 is 0. The molecular weight excluding hydrogens is 438 g/mol. The van der Waals surface area contributed by atoms with E-state index in [1.54, 1.807) is 6.20 Å². The Bertz CT molecular complexity index is 1360. The fourth-order valence-corrected chi connectivity index (χ4v) is 4.56. The molecule has 1 aliphatic heterocycles. The minimum atomic E-state index is 0.505. The lowest BCUT2D eigenvalue weighted by Crippen LogP contribution is -2.38. The van der Waals surface area contributed by atoms with Crippen LogP contribution in [0.3, 0.4) is 0 Å². The Kier molecular flexibility index (Phi) is 6.66. The third-order valence-electron chi connectivity index (χ3n) is 6.58. The summed E-state index contributed by atoms with van der Waals surface area (Å²) in [6.07, 6.45) is 3.57. The Morgan fingerprint density at radius 2 is 1.91 bits per heavy atom. The number of ether oxygens (including phenoxy) is 2. The van der Waals surface area contributed by atoms with E-state index in [9.17, 15) is 5.26 Å². The van der Waals surface area contributed by atoms with Crippen LogP contribution < -0.4 is 10.1 Å². The summed E-state index contributed by atoms with van der Waals surface area (Å²) in [7, 11) is 0. The van der Waals surface area contributed by atoms with E-state index in [0.717, 1.165) is 83.3 Å². The lowest BCUT2D eigenvalue weighted by atomic mass is 9.99. The van der Waals surface area contributed by atoms with Crippen molar-refractivity contribution in [3.8, 4) is 22.9 Å². The van der Waals surface area contributed by atoms with E-state index in [2.05, 4.69) is 39.2 Å². The van der Waals surface area contributed by atoms with Crippen LogP contribution in [0.15, 0.2) is 54.9 Å². The molecule has 2 aromatic carbocycles. The van der Waals surface area contributed by atoms with Gasteiger partial charge in [0, 0.05) is 59.9 Å². The molecule has 0 radical (unpaired) electrons. The maximum Gasteiger partial charge on any atom is 0.119 e. The van der Waals surface area contributed by atoms with Gasteiger partial charge in [-0.25, -0.2) is 0 Å². The maximum atomic E-state index is 9.85. The molecule has 0 atom stereocenters. The Balaban J connectivity index is 1.40.